The first-order valence-corrected chi connectivity index (χ1v) is 10.3. The lowest BCUT2D eigenvalue weighted by Crippen LogP contribution is -2.68. The van der Waals surface area contributed by atoms with Crippen LogP contribution in [0.3, 0.4) is 0 Å². The fourth-order valence-corrected chi connectivity index (χ4v) is 4.52. The van der Waals surface area contributed by atoms with Gasteiger partial charge in [0.05, 0.1) is 11.3 Å². The molecule has 0 bridgehead atoms. The van der Waals surface area contributed by atoms with Crippen molar-refractivity contribution in [3.63, 3.8) is 0 Å². The molecule has 2 aromatic carbocycles. The van der Waals surface area contributed by atoms with E-state index in [1.165, 1.54) is 0 Å². The van der Waals surface area contributed by atoms with Gasteiger partial charge in [-0.2, -0.15) is 0 Å². The molecule has 0 atom stereocenters. The molecule has 2 aromatic rings. The Labute approximate surface area is 175 Å². The maximum atomic E-state index is 12.8. The molecule has 1 saturated heterocycles. The normalized spacial score (nSPS) is 17.7. The van der Waals surface area contributed by atoms with Crippen molar-refractivity contribution in [2.24, 2.45) is 0 Å². The molecular formula is C22H25ClN4O2. The maximum Gasteiger partial charge on any atom is 0.321 e. The number of fused-ring (bicyclic) bond motifs is 1. The average molecular weight is 413 g/mol. The van der Waals surface area contributed by atoms with Crippen molar-refractivity contribution in [2.45, 2.75) is 32.4 Å². The number of carbonyl (C=O) groups excluding carboxylic acids is 2. The predicted octanol–water partition coefficient (Wildman–Crippen LogP) is 4.24. The van der Waals surface area contributed by atoms with E-state index in [2.05, 4.69) is 22.5 Å². The first kappa shape index (κ1) is 19.6. The average Bonchev–Trinajstić information content (AvgIpc) is 2.70. The highest BCUT2D eigenvalue weighted by Gasteiger charge is 2.45. The van der Waals surface area contributed by atoms with E-state index >= 15 is 0 Å². The number of rotatable bonds is 2. The molecule has 1 spiro atoms. The summed E-state index contributed by atoms with van der Waals surface area (Å²) in [6.45, 7) is 5.90. The summed E-state index contributed by atoms with van der Waals surface area (Å²) in [5.74, 6) is -0.0841. The molecule has 2 aliphatic heterocycles. The number of carbonyl (C=O) groups is 2. The molecule has 4 rings (SSSR count). The number of anilines is 2. The zero-order valence-corrected chi connectivity index (χ0v) is 17.4. The highest BCUT2D eigenvalue weighted by atomic mass is 35.5. The van der Waals surface area contributed by atoms with Gasteiger partial charge in [0.2, 0.25) is 0 Å². The van der Waals surface area contributed by atoms with Gasteiger partial charge in [0.15, 0.2) is 0 Å². The summed E-state index contributed by atoms with van der Waals surface area (Å²) in [5, 5.41) is 6.82. The molecule has 2 aliphatic rings. The van der Waals surface area contributed by atoms with Crippen LogP contribution in [0.15, 0.2) is 42.5 Å². The number of nitrogens with zero attached hydrogens (tertiary/aromatic N) is 2. The Morgan fingerprint density at radius 3 is 2.62 bits per heavy atom. The van der Waals surface area contributed by atoms with Crippen molar-refractivity contribution in [1.29, 1.82) is 0 Å². The number of para-hydroxylation sites is 1. The number of halogens is 1. The van der Waals surface area contributed by atoms with Crippen LogP contribution >= 0.6 is 11.6 Å². The molecule has 0 unspecified atom stereocenters. The second kappa shape index (κ2) is 7.59. The van der Waals surface area contributed by atoms with Crippen LogP contribution in [-0.2, 0) is 0 Å². The third-order valence-corrected chi connectivity index (χ3v) is 6.17. The molecule has 0 saturated carbocycles. The van der Waals surface area contributed by atoms with Crippen molar-refractivity contribution in [3.05, 3.63) is 58.6 Å². The summed E-state index contributed by atoms with van der Waals surface area (Å²) in [7, 11) is 0. The lowest BCUT2D eigenvalue weighted by atomic mass is 9.90. The van der Waals surface area contributed by atoms with Crippen LogP contribution in [0.5, 0.6) is 0 Å². The van der Waals surface area contributed by atoms with Crippen molar-refractivity contribution >= 4 is 34.9 Å². The Morgan fingerprint density at radius 1 is 1.21 bits per heavy atom. The van der Waals surface area contributed by atoms with Crippen LogP contribution in [0.2, 0.25) is 5.02 Å². The summed E-state index contributed by atoms with van der Waals surface area (Å²) in [6.07, 6.45) is 1.31. The van der Waals surface area contributed by atoms with Gasteiger partial charge in [-0.25, -0.2) is 4.79 Å². The van der Waals surface area contributed by atoms with Crippen LogP contribution in [0.25, 0.3) is 0 Å². The van der Waals surface area contributed by atoms with E-state index in [1.807, 2.05) is 42.2 Å². The maximum absolute atomic E-state index is 12.8. The minimum atomic E-state index is -0.497. The standard InChI is InChI=1S/C22H25ClN4O2/c1-3-27-19-14-16(23)8-9-17(19)20(28)25-22(27)10-12-26(13-11-22)21(29)24-18-7-5-4-6-15(18)2/h4-9,14H,3,10-13H2,1-2H3,(H,24,29)(H,25,28). The Bertz CT molecular complexity index is 954. The minimum absolute atomic E-state index is 0.0841. The monoisotopic (exact) mass is 412 g/mol. The molecule has 7 heteroatoms. The second-order valence-corrected chi connectivity index (χ2v) is 8.06. The number of urea groups is 1. The molecule has 2 heterocycles. The van der Waals surface area contributed by atoms with Crippen LogP contribution < -0.4 is 15.5 Å². The summed E-state index contributed by atoms with van der Waals surface area (Å²) in [5.41, 5.74) is 2.85. The van der Waals surface area contributed by atoms with Crippen molar-refractivity contribution in [2.75, 3.05) is 29.9 Å². The zero-order valence-electron chi connectivity index (χ0n) is 16.7. The highest BCUT2D eigenvalue weighted by Crippen LogP contribution is 2.38. The zero-order chi connectivity index (χ0) is 20.6. The Balaban J connectivity index is 1.51. The SMILES string of the molecule is CCN1c2cc(Cl)ccc2C(=O)NC12CCN(C(=O)Nc1ccccc1C)CC2. The molecule has 3 amide bonds. The van der Waals surface area contributed by atoms with Crippen molar-refractivity contribution < 1.29 is 9.59 Å². The number of aryl methyl sites for hydroxylation is 1. The Hall–Kier alpha value is -2.73. The molecule has 0 aromatic heterocycles. The highest BCUT2D eigenvalue weighted by molar-refractivity contribution is 6.31. The van der Waals surface area contributed by atoms with Crippen LogP contribution in [0, 0.1) is 6.92 Å². The molecular weight excluding hydrogens is 388 g/mol. The number of amides is 3. The van der Waals surface area contributed by atoms with Crippen LogP contribution in [0.1, 0.15) is 35.7 Å². The first-order chi connectivity index (χ1) is 13.9. The Morgan fingerprint density at radius 2 is 1.93 bits per heavy atom. The molecule has 6 nitrogen and oxygen atoms in total. The molecule has 2 N–H and O–H groups in total. The number of likely N-dealkylation sites (tertiary alicyclic amines) is 1. The van der Waals surface area contributed by atoms with Crippen molar-refractivity contribution in [1.82, 2.24) is 10.2 Å². The molecule has 152 valence electrons. The minimum Gasteiger partial charge on any atom is -0.348 e. The molecule has 0 radical (unpaired) electrons. The van der Waals surface area contributed by atoms with E-state index in [4.69, 9.17) is 11.6 Å². The van der Waals surface area contributed by atoms with Gasteiger partial charge in [0.25, 0.3) is 5.91 Å². The number of hydrogen-bond acceptors (Lipinski definition) is 3. The van der Waals surface area contributed by atoms with Gasteiger partial charge in [-0.15, -0.1) is 0 Å². The molecule has 0 aliphatic carbocycles. The van der Waals surface area contributed by atoms with Gasteiger partial charge in [0, 0.05) is 43.2 Å². The summed E-state index contributed by atoms with van der Waals surface area (Å²) in [4.78, 5) is 29.5. The van der Waals surface area contributed by atoms with Gasteiger partial charge >= 0.3 is 6.03 Å². The van der Waals surface area contributed by atoms with E-state index in [0.717, 1.165) is 23.5 Å². The lowest BCUT2D eigenvalue weighted by molar-refractivity contribution is 0.0808. The van der Waals surface area contributed by atoms with E-state index in [-0.39, 0.29) is 11.9 Å². The quantitative estimate of drug-likeness (QED) is 0.775. The van der Waals surface area contributed by atoms with E-state index in [9.17, 15) is 9.59 Å². The fraction of sp³-hybridized carbons (Fsp3) is 0.364. The number of nitrogens with one attached hydrogen (secondary N) is 2. The largest absolute Gasteiger partial charge is 0.348 e. The molecule has 1 fully saturated rings. The topological polar surface area (TPSA) is 64.7 Å². The number of piperidine rings is 1. The van der Waals surface area contributed by atoms with E-state index < -0.39 is 5.66 Å². The van der Waals surface area contributed by atoms with Gasteiger partial charge in [-0.05, 0) is 43.7 Å². The van der Waals surface area contributed by atoms with Gasteiger partial charge in [0.1, 0.15) is 5.66 Å². The van der Waals surface area contributed by atoms with E-state index in [1.54, 1.807) is 12.1 Å². The lowest BCUT2D eigenvalue weighted by Gasteiger charge is -2.52. The van der Waals surface area contributed by atoms with Gasteiger partial charge < -0.3 is 20.4 Å². The first-order valence-electron chi connectivity index (χ1n) is 9.95. The summed E-state index contributed by atoms with van der Waals surface area (Å²) < 4.78 is 0. The summed E-state index contributed by atoms with van der Waals surface area (Å²) >= 11 is 6.21. The third kappa shape index (κ3) is 3.53. The number of benzene rings is 2. The molecule has 29 heavy (non-hydrogen) atoms. The predicted molar refractivity (Wildman–Crippen MR) is 116 cm³/mol. The number of hydrogen-bond donors (Lipinski definition) is 2. The van der Waals surface area contributed by atoms with Gasteiger partial charge in [-0.1, -0.05) is 29.8 Å². The van der Waals surface area contributed by atoms with Gasteiger partial charge in [-0.3, -0.25) is 4.79 Å². The Kier molecular flexibility index (Phi) is 5.13. The van der Waals surface area contributed by atoms with Crippen LogP contribution in [-0.4, -0.2) is 42.1 Å². The van der Waals surface area contributed by atoms with Crippen molar-refractivity contribution in [3.8, 4) is 0 Å². The second-order valence-electron chi connectivity index (χ2n) is 7.62. The third-order valence-electron chi connectivity index (χ3n) is 5.94. The van der Waals surface area contributed by atoms with Crippen LogP contribution in [0.4, 0.5) is 16.2 Å². The van der Waals surface area contributed by atoms with E-state index in [0.29, 0.717) is 36.5 Å². The fourth-order valence-electron chi connectivity index (χ4n) is 4.35. The summed E-state index contributed by atoms with van der Waals surface area (Å²) in [6, 6.07) is 13.0. The smallest absolute Gasteiger partial charge is 0.321 e.